The van der Waals surface area contributed by atoms with Crippen LogP contribution in [0, 0.1) is 6.92 Å². The quantitative estimate of drug-likeness (QED) is 0.899. The summed E-state index contributed by atoms with van der Waals surface area (Å²) < 4.78 is 26.3. The molecule has 1 aromatic carbocycles. The van der Waals surface area contributed by atoms with Crippen molar-refractivity contribution >= 4 is 32.5 Å². The van der Waals surface area contributed by atoms with Crippen molar-refractivity contribution in [2.75, 3.05) is 4.72 Å². The maximum absolute atomic E-state index is 12.0. The van der Waals surface area contributed by atoms with Gasteiger partial charge in [0, 0.05) is 5.38 Å². The van der Waals surface area contributed by atoms with E-state index in [1.807, 2.05) is 0 Å². The third-order valence-corrected chi connectivity index (χ3v) is 4.61. The average Bonchev–Trinajstić information content (AvgIpc) is 2.74. The van der Waals surface area contributed by atoms with E-state index >= 15 is 0 Å². The van der Waals surface area contributed by atoms with Crippen molar-refractivity contribution in [2.24, 2.45) is 0 Å². The van der Waals surface area contributed by atoms with E-state index in [9.17, 15) is 13.2 Å². The normalized spacial score (nSPS) is 11.2. The molecule has 2 N–H and O–H groups in total. The van der Waals surface area contributed by atoms with Crippen molar-refractivity contribution in [3.63, 3.8) is 0 Å². The second kappa shape index (κ2) is 4.98. The molecule has 0 unspecified atom stereocenters. The van der Waals surface area contributed by atoms with Crippen LogP contribution < -0.4 is 4.72 Å². The molecule has 0 fully saturated rings. The molecule has 0 aliphatic rings. The van der Waals surface area contributed by atoms with E-state index in [-0.39, 0.29) is 15.6 Å². The number of carboxylic acid groups (broad SMARTS) is 1. The molecular weight excluding hydrogens is 288 g/mol. The summed E-state index contributed by atoms with van der Waals surface area (Å²) in [5.41, 5.74) is 0.757. The SMILES string of the molecule is Cc1csc(NS(=O)(=O)c2ccc(C(=O)O)cc2)n1. The Kier molecular flexibility index (Phi) is 3.54. The largest absolute Gasteiger partial charge is 0.478 e. The smallest absolute Gasteiger partial charge is 0.335 e. The molecule has 19 heavy (non-hydrogen) atoms. The van der Waals surface area contributed by atoms with Gasteiger partial charge < -0.3 is 5.11 Å². The fourth-order valence-electron chi connectivity index (χ4n) is 1.35. The first-order valence-corrected chi connectivity index (χ1v) is 7.53. The number of hydrogen-bond acceptors (Lipinski definition) is 5. The molecule has 0 bridgehead atoms. The number of nitrogens with zero attached hydrogens (tertiary/aromatic N) is 1. The predicted octanol–water partition coefficient (Wildman–Crippen LogP) is 1.95. The molecule has 0 radical (unpaired) electrons. The zero-order valence-corrected chi connectivity index (χ0v) is 11.5. The Morgan fingerprint density at radius 3 is 2.42 bits per heavy atom. The van der Waals surface area contributed by atoms with E-state index in [2.05, 4.69) is 9.71 Å². The molecule has 0 aliphatic carbocycles. The molecule has 0 atom stereocenters. The average molecular weight is 298 g/mol. The summed E-state index contributed by atoms with van der Waals surface area (Å²) in [4.78, 5) is 14.7. The van der Waals surface area contributed by atoms with E-state index < -0.39 is 16.0 Å². The van der Waals surface area contributed by atoms with Crippen LogP contribution in [0.25, 0.3) is 0 Å². The highest BCUT2D eigenvalue weighted by molar-refractivity contribution is 7.93. The Bertz CT molecular complexity index is 705. The number of carbonyl (C=O) groups is 1. The molecule has 2 aromatic rings. The Morgan fingerprint density at radius 1 is 1.32 bits per heavy atom. The van der Waals surface area contributed by atoms with Gasteiger partial charge >= 0.3 is 5.97 Å². The molecule has 0 amide bonds. The lowest BCUT2D eigenvalue weighted by atomic mass is 10.2. The number of hydrogen-bond donors (Lipinski definition) is 2. The minimum atomic E-state index is -3.74. The maximum Gasteiger partial charge on any atom is 0.335 e. The number of aromatic carboxylic acids is 1. The fourth-order valence-corrected chi connectivity index (χ4v) is 3.29. The van der Waals surface area contributed by atoms with Crippen molar-refractivity contribution in [3.05, 3.63) is 40.9 Å². The molecule has 8 heteroatoms. The van der Waals surface area contributed by atoms with Gasteiger partial charge in [0.05, 0.1) is 16.2 Å². The Morgan fingerprint density at radius 2 is 1.95 bits per heavy atom. The fraction of sp³-hybridized carbons (Fsp3) is 0.0909. The number of rotatable bonds is 4. The van der Waals surface area contributed by atoms with Crippen LogP contribution in [0.15, 0.2) is 34.5 Å². The number of aromatic nitrogens is 1. The highest BCUT2D eigenvalue weighted by Crippen LogP contribution is 2.20. The molecule has 0 spiro atoms. The molecular formula is C11H10N2O4S2. The zero-order chi connectivity index (χ0) is 14.0. The lowest BCUT2D eigenvalue weighted by Gasteiger charge is -2.05. The first-order chi connectivity index (χ1) is 8.88. The Balaban J connectivity index is 2.26. The second-order valence-corrected chi connectivity index (χ2v) is 6.27. The molecule has 100 valence electrons. The number of anilines is 1. The van der Waals surface area contributed by atoms with Gasteiger partial charge in [0.25, 0.3) is 10.0 Å². The Labute approximate surface area is 113 Å². The van der Waals surface area contributed by atoms with Gasteiger partial charge in [-0.15, -0.1) is 11.3 Å². The summed E-state index contributed by atoms with van der Waals surface area (Å²) >= 11 is 1.18. The summed E-state index contributed by atoms with van der Waals surface area (Å²) in [5.74, 6) is -1.10. The van der Waals surface area contributed by atoms with E-state index in [0.717, 1.165) is 5.69 Å². The number of thiazole rings is 1. The molecule has 1 aromatic heterocycles. The molecule has 6 nitrogen and oxygen atoms in total. The lowest BCUT2D eigenvalue weighted by Crippen LogP contribution is -2.13. The third-order valence-electron chi connectivity index (χ3n) is 2.25. The van der Waals surface area contributed by atoms with Crippen molar-refractivity contribution in [2.45, 2.75) is 11.8 Å². The minimum Gasteiger partial charge on any atom is -0.478 e. The predicted molar refractivity (Wildman–Crippen MR) is 71.1 cm³/mol. The maximum atomic E-state index is 12.0. The summed E-state index contributed by atoms with van der Waals surface area (Å²) in [7, 11) is -3.74. The summed E-state index contributed by atoms with van der Waals surface area (Å²) in [6.45, 7) is 1.76. The number of sulfonamides is 1. The minimum absolute atomic E-state index is 0.00893. The van der Waals surface area contributed by atoms with E-state index in [1.54, 1.807) is 12.3 Å². The van der Waals surface area contributed by atoms with E-state index in [4.69, 9.17) is 5.11 Å². The Hall–Kier alpha value is -1.93. The molecule has 0 saturated carbocycles. The van der Waals surface area contributed by atoms with Gasteiger partial charge in [0.2, 0.25) is 0 Å². The van der Waals surface area contributed by atoms with Crippen molar-refractivity contribution in [3.8, 4) is 0 Å². The zero-order valence-electron chi connectivity index (χ0n) is 9.82. The van der Waals surface area contributed by atoms with Gasteiger partial charge in [-0.1, -0.05) is 0 Å². The van der Waals surface area contributed by atoms with Crippen LogP contribution in [0.2, 0.25) is 0 Å². The number of aryl methyl sites for hydroxylation is 1. The molecule has 0 aliphatic heterocycles. The van der Waals surface area contributed by atoms with Crippen molar-refractivity contribution in [1.29, 1.82) is 0 Å². The van der Waals surface area contributed by atoms with Gasteiger partial charge in [-0.3, -0.25) is 4.72 Å². The first-order valence-electron chi connectivity index (χ1n) is 5.17. The summed E-state index contributed by atoms with van der Waals surface area (Å²) in [6.07, 6.45) is 0. The van der Waals surface area contributed by atoms with Crippen molar-refractivity contribution < 1.29 is 18.3 Å². The number of carboxylic acids is 1. The number of benzene rings is 1. The summed E-state index contributed by atoms with van der Waals surface area (Å²) in [6, 6.07) is 4.96. The van der Waals surface area contributed by atoms with E-state index in [0.29, 0.717) is 0 Å². The van der Waals surface area contributed by atoms with Gasteiger partial charge in [-0.2, -0.15) is 0 Å². The second-order valence-electron chi connectivity index (χ2n) is 3.73. The van der Waals surface area contributed by atoms with Gasteiger partial charge in [0.1, 0.15) is 0 Å². The van der Waals surface area contributed by atoms with Crippen LogP contribution in [-0.2, 0) is 10.0 Å². The highest BCUT2D eigenvalue weighted by Gasteiger charge is 2.16. The first kappa shape index (κ1) is 13.5. The van der Waals surface area contributed by atoms with Crippen LogP contribution in [0.1, 0.15) is 16.1 Å². The highest BCUT2D eigenvalue weighted by atomic mass is 32.2. The topological polar surface area (TPSA) is 96.4 Å². The third kappa shape index (κ3) is 3.09. The molecule has 0 saturated heterocycles. The van der Waals surface area contributed by atoms with Gasteiger partial charge in [0.15, 0.2) is 5.13 Å². The monoisotopic (exact) mass is 298 g/mol. The standard InChI is InChI=1S/C11H10N2O4S2/c1-7-6-18-11(12-7)13-19(16,17)9-4-2-8(3-5-9)10(14)15/h2-6H,1H3,(H,12,13)(H,14,15). The van der Waals surface area contributed by atoms with Crippen LogP contribution in [0.3, 0.4) is 0 Å². The lowest BCUT2D eigenvalue weighted by molar-refractivity contribution is 0.0697. The molecule has 2 rings (SSSR count). The van der Waals surface area contributed by atoms with Gasteiger partial charge in [-0.05, 0) is 31.2 Å². The van der Waals surface area contributed by atoms with Crippen LogP contribution in [-0.4, -0.2) is 24.5 Å². The summed E-state index contributed by atoms with van der Waals surface area (Å²) in [5, 5.41) is 10.7. The van der Waals surface area contributed by atoms with Crippen LogP contribution in [0.5, 0.6) is 0 Å². The van der Waals surface area contributed by atoms with Gasteiger partial charge in [-0.25, -0.2) is 18.2 Å². The molecule has 1 heterocycles. The number of nitrogens with one attached hydrogen (secondary N) is 1. The van der Waals surface area contributed by atoms with Crippen molar-refractivity contribution in [1.82, 2.24) is 4.98 Å². The van der Waals surface area contributed by atoms with Crippen LogP contribution >= 0.6 is 11.3 Å². The van der Waals surface area contributed by atoms with E-state index in [1.165, 1.54) is 35.6 Å². The van der Waals surface area contributed by atoms with Crippen LogP contribution in [0.4, 0.5) is 5.13 Å².